The molecule has 0 unspecified atom stereocenters. The van der Waals surface area contributed by atoms with Gasteiger partial charge in [-0.15, -0.1) is 6.58 Å². The van der Waals surface area contributed by atoms with Gasteiger partial charge in [-0.1, -0.05) is 28.9 Å². The van der Waals surface area contributed by atoms with Crippen LogP contribution in [-0.4, -0.2) is 42.2 Å². The van der Waals surface area contributed by atoms with Crippen molar-refractivity contribution >= 4 is 39.0 Å². The molecule has 3 aromatic rings. The predicted octanol–water partition coefficient (Wildman–Crippen LogP) is 4.67. The summed E-state index contributed by atoms with van der Waals surface area (Å²) in [6.07, 6.45) is 4.35. The van der Waals surface area contributed by atoms with Crippen LogP contribution in [0.1, 0.15) is 37.2 Å². The van der Waals surface area contributed by atoms with Crippen LogP contribution in [0.3, 0.4) is 0 Å². The molecule has 1 aromatic heterocycles. The number of carbonyl (C=O) groups is 1. The van der Waals surface area contributed by atoms with Crippen molar-refractivity contribution in [2.45, 2.75) is 39.2 Å². The Bertz CT molecular complexity index is 1330. The Morgan fingerprint density at radius 2 is 2.06 bits per heavy atom. The zero-order valence-corrected chi connectivity index (χ0v) is 21.8. The van der Waals surface area contributed by atoms with E-state index in [0.29, 0.717) is 46.6 Å². The smallest absolute Gasteiger partial charge is 0.346 e. The molecular weight excluding hydrogens is 514 g/mol. The number of carbonyl (C=O) groups excluding carboxylic acids is 1. The lowest BCUT2D eigenvalue weighted by Gasteiger charge is -2.18. The second-order valence-corrected chi connectivity index (χ2v) is 8.70. The van der Waals surface area contributed by atoms with E-state index in [-0.39, 0.29) is 5.56 Å². The Morgan fingerprint density at radius 3 is 2.71 bits per heavy atom. The number of ether oxygens (including phenoxy) is 3. The number of hydrogen-bond acceptors (Lipinski definition) is 7. The number of halogens is 1. The first-order chi connectivity index (χ1) is 16.8. The lowest BCUT2D eigenvalue weighted by molar-refractivity contribution is -0.147. The molecule has 2 aromatic carbocycles. The van der Waals surface area contributed by atoms with Gasteiger partial charge in [0.1, 0.15) is 5.82 Å². The third-order valence-electron chi connectivity index (χ3n) is 5.24. The number of nitrogens with zero attached hydrogens (tertiary/aromatic N) is 3. The molecule has 0 spiro atoms. The highest BCUT2D eigenvalue weighted by atomic mass is 79.9. The van der Waals surface area contributed by atoms with Gasteiger partial charge in [0, 0.05) is 16.5 Å². The van der Waals surface area contributed by atoms with E-state index in [0.717, 1.165) is 16.5 Å². The van der Waals surface area contributed by atoms with Gasteiger partial charge in [0.15, 0.2) is 17.6 Å². The van der Waals surface area contributed by atoms with E-state index in [2.05, 4.69) is 32.6 Å². The Hall–Kier alpha value is -3.46. The second kappa shape index (κ2) is 11.8. The Kier molecular flexibility index (Phi) is 8.81. The van der Waals surface area contributed by atoms with E-state index in [1.54, 1.807) is 31.3 Å². The lowest BCUT2D eigenvalue weighted by Crippen LogP contribution is -2.25. The topological polar surface area (TPSA) is 92.0 Å². The number of hydrogen-bond donors (Lipinski definition) is 0. The zero-order valence-electron chi connectivity index (χ0n) is 20.2. The summed E-state index contributed by atoms with van der Waals surface area (Å²) in [5.41, 5.74) is 1.81. The molecule has 0 aliphatic rings. The average Bonchev–Trinajstić information content (AvgIpc) is 2.85. The van der Waals surface area contributed by atoms with Gasteiger partial charge < -0.3 is 14.2 Å². The number of rotatable bonds is 10. The highest BCUT2D eigenvalue weighted by Crippen LogP contribution is 2.34. The minimum absolute atomic E-state index is 0.249. The summed E-state index contributed by atoms with van der Waals surface area (Å²) in [7, 11) is 2.82. The summed E-state index contributed by atoms with van der Waals surface area (Å²) in [5, 5.41) is 4.96. The number of benzene rings is 2. The molecule has 0 N–H and O–H groups in total. The minimum atomic E-state index is -0.824. The Labute approximate surface area is 212 Å². The van der Waals surface area contributed by atoms with Gasteiger partial charge in [0.05, 0.1) is 31.3 Å². The molecule has 0 aliphatic carbocycles. The van der Waals surface area contributed by atoms with Crippen molar-refractivity contribution < 1.29 is 19.0 Å². The molecule has 9 heteroatoms. The molecule has 35 heavy (non-hydrogen) atoms. The van der Waals surface area contributed by atoms with Crippen molar-refractivity contribution in [1.29, 1.82) is 0 Å². The Morgan fingerprint density at radius 1 is 1.29 bits per heavy atom. The van der Waals surface area contributed by atoms with Crippen LogP contribution in [0.5, 0.6) is 11.5 Å². The summed E-state index contributed by atoms with van der Waals surface area (Å²) in [6, 6.07) is 8.99. The number of fused-ring (bicyclic) bond motifs is 1. The van der Waals surface area contributed by atoms with Gasteiger partial charge in [-0.25, -0.2) is 9.78 Å². The normalized spacial score (nSPS) is 12.0. The van der Waals surface area contributed by atoms with E-state index < -0.39 is 12.1 Å². The van der Waals surface area contributed by atoms with E-state index >= 15 is 0 Å². The number of aryl methyl sites for hydroxylation is 1. The van der Waals surface area contributed by atoms with Gasteiger partial charge >= 0.3 is 5.97 Å². The molecule has 0 saturated heterocycles. The Balaban J connectivity index is 2.09. The van der Waals surface area contributed by atoms with Crippen LogP contribution in [0.25, 0.3) is 10.9 Å². The lowest BCUT2D eigenvalue weighted by atomic mass is 10.1. The monoisotopic (exact) mass is 541 g/mol. The van der Waals surface area contributed by atoms with Crippen LogP contribution in [0.4, 0.5) is 0 Å². The quantitative estimate of drug-likeness (QED) is 0.210. The van der Waals surface area contributed by atoms with Crippen molar-refractivity contribution in [3.05, 3.63) is 74.8 Å². The maximum absolute atomic E-state index is 13.2. The van der Waals surface area contributed by atoms with Crippen molar-refractivity contribution in [2.24, 2.45) is 5.10 Å². The third-order valence-corrected chi connectivity index (χ3v) is 5.73. The van der Waals surface area contributed by atoms with Gasteiger partial charge in [-0.05, 0) is 55.7 Å². The highest BCUT2D eigenvalue weighted by molar-refractivity contribution is 9.10. The van der Waals surface area contributed by atoms with Gasteiger partial charge in [0.25, 0.3) is 5.56 Å². The zero-order chi connectivity index (χ0) is 25.5. The van der Waals surface area contributed by atoms with E-state index in [9.17, 15) is 9.59 Å². The standard InChI is InChI=1S/C26H28BrN3O5/c1-6-8-18-12-17(13-22(33-4)24(18)35-16(3)26(32)34-5)15-28-30-23(9-7-2)29-21-11-10-19(27)14-20(21)25(30)31/h6,10-16H,1,7-9H2,2-5H3/t16-/m1/s1. The SMILES string of the molecule is C=CCc1cc(C=Nn2c(CCC)nc3ccc(Br)cc3c2=O)cc(OC)c1O[C@H](C)C(=O)OC. The molecule has 8 nitrogen and oxygen atoms in total. The maximum atomic E-state index is 13.2. The van der Waals surface area contributed by atoms with Crippen LogP contribution in [0.2, 0.25) is 0 Å². The van der Waals surface area contributed by atoms with Crippen LogP contribution >= 0.6 is 15.9 Å². The van der Waals surface area contributed by atoms with Crippen LogP contribution in [-0.2, 0) is 22.4 Å². The molecule has 0 amide bonds. The van der Waals surface area contributed by atoms with Crippen molar-refractivity contribution in [1.82, 2.24) is 9.66 Å². The van der Waals surface area contributed by atoms with Crippen LogP contribution in [0, 0.1) is 0 Å². The molecule has 0 fully saturated rings. The number of esters is 1. The second-order valence-electron chi connectivity index (χ2n) is 7.79. The first-order valence-corrected chi connectivity index (χ1v) is 11.9. The maximum Gasteiger partial charge on any atom is 0.346 e. The van der Waals surface area contributed by atoms with Crippen molar-refractivity contribution in [2.75, 3.05) is 14.2 Å². The van der Waals surface area contributed by atoms with Gasteiger partial charge in [-0.2, -0.15) is 9.78 Å². The predicted molar refractivity (Wildman–Crippen MR) is 140 cm³/mol. The fourth-order valence-electron chi connectivity index (χ4n) is 3.57. The molecule has 1 heterocycles. The minimum Gasteiger partial charge on any atom is -0.493 e. The van der Waals surface area contributed by atoms with Crippen molar-refractivity contribution in [3.63, 3.8) is 0 Å². The van der Waals surface area contributed by atoms with Crippen LogP contribution < -0.4 is 15.0 Å². The first kappa shape index (κ1) is 26.2. The summed E-state index contributed by atoms with van der Waals surface area (Å²) in [5.74, 6) is 0.918. The molecule has 0 radical (unpaired) electrons. The van der Waals surface area contributed by atoms with Crippen molar-refractivity contribution in [3.8, 4) is 11.5 Å². The van der Waals surface area contributed by atoms with E-state index in [1.165, 1.54) is 18.9 Å². The average molecular weight is 542 g/mol. The third kappa shape index (κ3) is 5.97. The molecule has 184 valence electrons. The van der Waals surface area contributed by atoms with Crippen LogP contribution in [0.15, 0.2) is 57.4 Å². The number of allylic oxidation sites excluding steroid dienone is 1. The van der Waals surface area contributed by atoms with E-state index in [1.807, 2.05) is 25.1 Å². The number of aromatic nitrogens is 2. The van der Waals surface area contributed by atoms with Gasteiger partial charge in [0.2, 0.25) is 0 Å². The molecule has 0 saturated carbocycles. The number of methoxy groups -OCH3 is 2. The van der Waals surface area contributed by atoms with E-state index in [4.69, 9.17) is 14.2 Å². The largest absolute Gasteiger partial charge is 0.493 e. The highest BCUT2D eigenvalue weighted by Gasteiger charge is 2.20. The summed E-state index contributed by atoms with van der Waals surface area (Å²) in [6.45, 7) is 7.43. The fourth-order valence-corrected chi connectivity index (χ4v) is 3.93. The summed E-state index contributed by atoms with van der Waals surface area (Å²) >= 11 is 3.41. The fraction of sp³-hybridized carbons (Fsp3) is 0.308. The summed E-state index contributed by atoms with van der Waals surface area (Å²) in [4.78, 5) is 29.8. The summed E-state index contributed by atoms with van der Waals surface area (Å²) < 4.78 is 18.3. The first-order valence-electron chi connectivity index (χ1n) is 11.1. The molecular formula is C26H28BrN3O5. The molecule has 0 bridgehead atoms. The molecule has 1 atom stereocenters. The van der Waals surface area contributed by atoms with Gasteiger partial charge in [-0.3, -0.25) is 4.79 Å². The molecule has 0 aliphatic heterocycles. The molecule has 3 rings (SSSR count).